The van der Waals surface area contributed by atoms with Crippen molar-refractivity contribution in [2.75, 3.05) is 11.9 Å². The molecule has 0 saturated heterocycles. The third-order valence-electron chi connectivity index (χ3n) is 6.23. The highest BCUT2D eigenvalue weighted by Crippen LogP contribution is 2.64. The van der Waals surface area contributed by atoms with Crippen molar-refractivity contribution in [1.29, 1.82) is 0 Å². The van der Waals surface area contributed by atoms with E-state index in [1.807, 2.05) is 0 Å². The Morgan fingerprint density at radius 1 is 1.18 bits per heavy atom. The maximum Gasteiger partial charge on any atom is 0.416 e. The molecule has 4 bridgehead atoms. The molecule has 4 aliphatic rings. The summed E-state index contributed by atoms with van der Waals surface area (Å²) in [7, 11) is 0. The molecule has 5 rings (SSSR count). The zero-order valence-corrected chi connectivity index (χ0v) is 15.9. The van der Waals surface area contributed by atoms with Gasteiger partial charge in [-0.3, -0.25) is 9.59 Å². The summed E-state index contributed by atoms with van der Waals surface area (Å²) in [6.07, 6.45) is 0.510. The minimum Gasteiger partial charge on any atom is -0.455 e. The number of alkyl halides is 4. The Morgan fingerprint density at radius 2 is 1.86 bits per heavy atom. The van der Waals surface area contributed by atoms with E-state index in [1.54, 1.807) is 0 Å². The second kappa shape index (κ2) is 6.65. The summed E-state index contributed by atoms with van der Waals surface area (Å²) in [5.41, 5.74) is -1.48. The van der Waals surface area contributed by atoms with Crippen LogP contribution in [-0.4, -0.2) is 23.4 Å². The molecule has 0 heterocycles. The van der Waals surface area contributed by atoms with E-state index in [9.17, 15) is 22.8 Å². The molecule has 4 fully saturated rings. The van der Waals surface area contributed by atoms with Gasteiger partial charge in [-0.2, -0.15) is 13.2 Å². The van der Waals surface area contributed by atoms with Crippen molar-refractivity contribution < 1.29 is 27.5 Å². The summed E-state index contributed by atoms with van der Waals surface area (Å²) in [6, 6.07) is 4.33. The van der Waals surface area contributed by atoms with E-state index in [-0.39, 0.29) is 10.6 Å². The van der Waals surface area contributed by atoms with Gasteiger partial charge in [0.1, 0.15) is 0 Å². The fourth-order valence-electron chi connectivity index (χ4n) is 5.64. The van der Waals surface area contributed by atoms with E-state index in [2.05, 4.69) is 5.32 Å². The monoisotopic (exact) mass is 415 g/mol. The van der Waals surface area contributed by atoms with Crippen molar-refractivity contribution in [1.82, 2.24) is 0 Å². The summed E-state index contributed by atoms with van der Waals surface area (Å²) >= 11 is 6.71. The number of halogens is 4. The van der Waals surface area contributed by atoms with Crippen molar-refractivity contribution in [2.45, 2.75) is 49.6 Å². The lowest BCUT2D eigenvalue weighted by Gasteiger charge is -2.58. The topological polar surface area (TPSA) is 55.4 Å². The van der Waals surface area contributed by atoms with Gasteiger partial charge in [0.05, 0.1) is 11.0 Å². The van der Waals surface area contributed by atoms with E-state index in [4.69, 9.17) is 16.3 Å². The fourth-order valence-corrected chi connectivity index (χ4v) is 6.34. The Hall–Kier alpha value is -1.76. The van der Waals surface area contributed by atoms with Crippen LogP contribution in [0.15, 0.2) is 24.3 Å². The number of ether oxygens (including phenoxy) is 1. The molecule has 0 aromatic heterocycles. The Bertz CT molecular complexity index is 796. The molecule has 1 aromatic rings. The standard InChI is InChI=1S/C20H21ClF3NO3/c21-19-8-12-4-13(9-19)7-18(6-12,11-19)17(27)28-10-16(26)25-15-3-1-2-14(5-15)20(22,23)24/h1-3,5,12-13H,4,6-11H2,(H,25,26)/t12-,13-,18?,19?/m0/s1. The van der Waals surface area contributed by atoms with Gasteiger partial charge < -0.3 is 10.1 Å². The van der Waals surface area contributed by atoms with Crippen LogP contribution in [0.4, 0.5) is 18.9 Å². The first-order chi connectivity index (χ1) is 13.1. The van der Waals surface area contributed by atoms with Crippen LogP contribution in [0.2, 0.25) is 0 Å². The van der Waals surface area contributed by atoms with Crippen LogP contribution < -0.4 is 5.32 Å². The molecule has 152 valence electrons. The van der Waals surface area contributed by atoms with Gasteiger partial charge in [-0.25, -0.2) is 0 Å². The van der Waals surface area contributed by atoms with Gasteiger partial charge in [0.25, 0.3) is 5.91 Å². The number of anilines is 1. The van der Waals surface area contributed by atoms with E-state index >= 15 is 0 Å². The summed E-state index contributed by atoms with van der Waals surface area (Å²) < 4.78 is 43.5. The van der Waals surface area contributed by atoms with Crippen molar-refractivity contribution in [3.8, 4) is 0 Å². The lowest BCUT2D eigenvalue weighted by Crippen LogP contribution is -2.56. The van der Waals surface area contributed by atoms with Gasteiger partial charge >= 0.3 is 12.1 Å². The van der Waals surface area contributed by atoms with E-state index in [0.29, 0.717) is 18.3 Å². The molecule has 8 heteroatoms. The zero-order chi connectivity index (χ0) is 20.2. The number of hydrogen-bond acceptors (Lipinski definition) is 3. The maximum atomic E-state index is 12.8. The van der Waals surface area contributed by atoms with Crippen LogP contribution in [0.5, 0.6) is 0 Å². The number of carbonyl (C=O) groups excluding carboxylic acids is 2. The first-order valence-electron chi connectivity index (χ1n) is 9.40. The minimum atomic E-state index is -4.50. The molecule has 0 unspecified atom stereocenters. The van der Waals surface area contributed by atoms with Crippen molar-refractivity contribution in [3.05, 3.63) is 29.8 Å². The van der Waals surface area contributed by atoms with Crippen LogP contribution in [0.25, 0.3) is 0 Å². The van der Waals surface area contributed by atoms with Crippen LogP contribution in [0, 0.1) is 17.3 Å². The van der Waals surface area contributed by atoms with Gasteiger partial charge in [-0.1, -0.05) is 6.07 Å². The number of carbonyl (C=O) groups is 2. The van der Waals surface area contributed by atoms with Crippen LogP contribution in [-0.2, 0) is 20.5 Å². The van der Waals surface area contributed by atoms with Crippen molar-refractivity contribution >= 4 is 29.2 Å². The van der Waals surface area contributed by atoms with Crippen LogP contribution in [0.1, 0.15) is 44.1 Å². The largest absolute Gasteiger partial charge is 0.455 e. The quantitative estimate of drug-likeness (QED) is 0.569. The molecule has 0 aliphatic heterocycles. The van der Waals surface area contributed by atoms with Gasteiger partial charge in [-0.05, 0) is 68.6 Å². The number of amides is 1. The maximum absolute atomic E-state index is 12.8. The van der Waals surface area contributed by atoms with Gasteiger partial charge in [0, 0.05) is 10.6 Å². The number of benzene rings is 1. The number of hydrogen-bond donors (Lipinski definition) is 1. The predicted octanol–water partition coefficient (Wildman–Crippen LogP) is 4.76. The Kier molecular flexibility index (Phi) is 4.64. The highest BCUT2D eigenvalue weighted by molar-refractivity contribution is 6.24. The van der Waals surface area contributed by atoms with Gasteiger partial charge in [0.15, 0.2) is 6.61 Å². The second-order valence-corrected chi connectivity index (χ2v) is 9.40. The normalized spacial score (nSPS) is 33.6. The summed E-state index contributed by atoms with van der Waals surface area (Å²) in [5.74, 6) is -0.237. The predicted molar refractivity (Wildman–Crippen MR) is 96.7 cm³/mol. The molecule has 1 aromatic carbocycles. The van der Waals surface area contributed by atoms with Crippen LogP contribution in [0.3, 0.4) is 0 Å². The lowest BCUT2D eigenvalue weighted by molar-refractivity contribution is -0.171. The summed E-state index contributed by atoms with van der Waals surface area (Å²) in [6.45, 7) is -0.526. The first kappa shape index (κ1) is 19.6. The van der Waals surface area contributed by atoms with Crippen LogP contribution >= 0.6 is 11.6 Å². The summed E-state index contributed by atoms with van der Waals surface area (Å²) in [4.78, 5) is 24.5. The Morgan fingerprint density at radius 3 is 2.46 bits per heavy atom. The van der Waals surface area contributed by atoms with E-state index in [0.717, 1.165) is 44.2 Å². The molecule has 1 amide bonds. The Labute approximate surface area is 165 Å². The second-order valence-electron chi connectivity index (χ2n) is 8.60. The fraction of sp³-hybridized carbons (Fsp3) is 0.600. The lowest BCUT2D eigenvalue weighted by atomic mass is 9.49. The average molecular weight is 416 g/mol. The molecule has 1 N–H and O–H groups in total. The average Bonchev–Trinajstić information content (AvgIpc) is 2.57. The van der Waals surface area contributed by atoms with E-state index in [1.165, 1.54) is 12.1 Å². The Balaban J connectivity index is 1.36. The smallest absolute Gasteiger partial charge is 0.416 e. The zero-order valence-electron chi connectivity index (χ0n) is 15.2. The minimum absolute atomic E-state index is 0.00499. The summed E-state index contributed by atoms with van der Waals surface area (Å²) in [5, 5.41) is 2.35. The molecule has 0 radical (unpaired) electrons. The molecule has 2 atom stereocenters. The molecular weight excluding hydrogens is 395 g/mol. The highest BCUT2D eigenvalue weighted by atomic mass is 35.5. The van der Waals surface area contributed by atoms with Gasteiger partial charge in [0.2, 0.25) is 0 Å². The van der Waals surface area contributed by atoms with E-state index < -0.39 is 35.6 Å². The first-order valence-corrected chi connectivity index (χ1v) is 9.78. The molecule has 4 saturated carbocycles. The molecule has 4 nitrogen and oxygen atoms in total. The SMILES string of the molecule is O=C(COC(=O)C12C[C@@H]3C[C@H](CC(Cl)(C3)C1)C2)Nc1cccc(C(F)(F)F)c1. The highest BCUT2D eigenvalue weighted by Gasteiger charge is 2.60. The molecule has 0 spiro atoms. The molecular formula is C20H21ClF3NO3. The number of esters is 1. The van der Waals surface area contributed by atoms with Gasteiger partial charge in [-0.15, -0.1) is 11.6 Å². The molecule has 4 aliphatic carbocycles. The third-order valence-corrected chi connectivity index (χ3v) is 6.67. The number of nitrogens with one attached hydrogen (secondary N) is 1. The van der Waals surface area contributed by atoms with Crippen molar-refractivity contribution in [2.24, 2.45) is 17.3 Å². The number of rotatable bonds is 4. The third kappa shape index (κ3) is 3.73. The van der Waals surface area contributed by atoms with Crippen molar-refractivity contribution in [3.63, 3.8) is 0 Å². The molecule has 28 heavy (non-hydrogen) atoms.